The fourth-order valence-electron chi connectivity index (χ4n) is 2.08. The lowest BCUT2D eigenvalue weighted by molar-refractivity contribution is -0.384. The maximum absolute atomic E-state index is 10.6. The maximum Gasteiger partial charge on any atom is 0.269 e. The average molecular weight is 344 g/mol. The number of rotatable bonds is 6. The van der Waals surface area contributed by atoms with Gasteiger partial charge in [-0.2, -0.15) is 0 Å². The van der Waals surface area contributed by atoms with Crippen LogP contribution in [-0.4, -0.2) is 23.1 Å². The van der Waals surface area contributed by atoms with Crippen LogP contribution >= 0.6 is 12.2 Å². The van der Waals surface area contributed by atoms with Gasteiger partial charge in [0.25, 0.3) is 5.69 Å². The van der Waals surface area contributed by atoms with Crippen molar-refractivity contribution in [2.75, 3.05) is 23.7 Å². The van der Waals surface area contributed by atoms with E-state index in [9.17, 15) is 10.1 Å². The summed E-state index contributed by atoms with van der Waals surface area (Å²) in [6.07, 6.45) is 0. The van der Waals surface area contributed by atoms with Crippen molar-refractivity contribution in [3.05, 3.63) is 63.7 Å². The van der Waals surface area contributed by atoms with Crippen LogP contribution in [0.3, 0.4) is 0 Å². The zero-order valence-electron chi connectivity index (χ0n) is 13.6. The molecule has 0 aromatic heterocycles. The Morgan fingerprint density at radius 1 is 1.04 bits per heavy atom. The summed E-state index contributed by atoms with van der Waals surface area (Å²) in [6.45, 7) is 5.41. The largest absolute Gasteiger partial charge is 0.383 e. The van der Waals surface area contributed by atoms with Gasteiger partial charge in [-0.1, -0.05) is 6.07 Å². The standard InChI is InChI=1S/C17H20N4O2S/c1-12-3-4-15(11-13(12)2)20-17(24)19-10-9-18-14-5-7-16(8-6-14)21(22)23/h3-8,11,18H,9-10H2,1-2H3,(H2,19,20,24). The van der Waals surface area contributed by atoms with Gasteiger partial charge >= 0.3 is 0 Å². The predicted octanol–water partition coefficient (Wildman–Crippen LogP) is 3.61. The third kappa shape index (κ3) is 5.20. The molecule has 0 spiro atoms. The number of non-ortho nitro benzene ring substituents is 1. The molecule has 0 aliphatic heterocycles. The Balaban J connectivity index is 1.72. The first-order valence-corrected chi connectivity index (χ1v) is 7.97. The maximum atomic E-state index is 10.6. The van der Waals surface area contributed by atoms with E-state index in [2.05, 4.69) is 41.9 Å². The zero-order valence-corrected chi connectivity index (χ0v) is 14.4. The molecule has 0 atom stereocenters. The number of nitrogens with zero attached hydrogens (tertiary/aromatic N) is 1. The average Bonchev–Trinajstić information content (AvgIpc) is 2.55. The fourth-order valence-corrected chi connectivity index (χ4v) is 2.30. The van der Waals surface area contributed by atoms with Crippen molar-refractivity contribution >= 4 is 34.4 Å². The number of hydrogen-bond acceptors (Lipinski definition) is 4. The fraction of sp³-hybridized carbons (Fsp3) is 0.235. The molecule has 2 aromatic rings. The van der Waals surface area contributed by atoms with Gasteiger partial charge in [0.1, 0.15) is 0 Å². The number of anilines is 2. The lowest BCUT2D eigenvalue weighted by atomic mass is 10.1. The molecule has 126 valence electrons. The number of nitro benzene ring substituents is 1. The summed E-state index contributed by atoms with van der Waals surface area (Å²) in [4.78, 5) is 10.2. The van der Waals surface area contributed by atoms with E-state index in [-0.39, 0.29) is 5.69 Å². The molecule has 6 nitrogen and oxygen atoms in total. The van der Waals surface area contributed by atoms with Gasteiger partial charge in [0.2, 0.25) is 0 Å². The molecule has 0 saturated carbocycles. The van der Waals surface area contributed by atoms with Gasteiger partial charge in [0, 0.05) is 36.6 Å². The van der Waals surface area contributed by atoms with Crippen LogP contribution in [-0.2, 0) is 0 Å². The number of thiocarbonyl (C=S) groups is 1. The van der Waals surface area contributed by atoms with Crippen LogP contribution in [0.5, 0.6) is 0 Å². The minimum Gasteiger partial charge on any atom is -0.383 e. The van der Waals surface area contributed by atoms with E-state index >= 15 is 0 Å². The Labute approximate surface area is 146 Å². The predicted molar refractivity (Wildman–Crippen MR) is 102 cm³/mol. The molecule has 2 rings (SSSR count). The van der Waals surface area contributed by atoms with Crippen LogP contribution in [0, 0.1) is 24.0 Å². The number of nitro groups is 1. The Morgan fingerprint density at radius 3 is 2.33 bits per heavy atom. The van der Waals surface area contributed by atoms with Crippen LogP contribution in [0.1, 0.15) is 11.1 Å². The van der Waals surface area contributed by atoms with E-state index in [1.165, 1.54) is 23.3 Å². The Morgan fingerprint density at radius 2 is 1.71 bits per heavy atom. The molecule has 0 radical (unpaired) electrons. The SMILES string of the molecule is Cc1ccc(NC(=S)NCCNc2ccc([N+](=O)[O-])cc2)cc1C. The van der Waals surface area contributed by atoms with Gasteiger partial charge in [-0.15, -0.1) is 0 Å². The highest BCUT2D eigenvalue weighted by Crippen LogP contribution is 2.15. The third-order valence-corrected chi connectivity index (χ3v) is 3.83. The number of benzene rings is 2. The minimum atomic E-state index is -0.414. The molecule has 0 bridgehead atoms. The second-order valence-electron chi connectivity index (χ2n) is 5.41. The van der Waals surface area contributed by atoms with Crippen molar-refractivity contribution in [2.24, 2.45) is 0 Å². The highest BCUT2D eigenvalue weighted by atomic mass is 32.1. The van der Waals surface area contributed by atoms with E-state index in [4.69, 9.17) is 12.2 Å². The van der Waals surface area contributed by atoms with Gasteiger partial charge in [-0.3, -0.25) is 10.1 Å². The van der Waals surface area contributed by atoms with Gasteiger partial charge in [0.05, 0.1) is 4.92 Å². The lowest BCUT2D eigenvalue weighted by Crippen LogP contribution is -2.32. The van der Waals surface area contributed by atoms with Crippen molar-refractivity contribution in [3.8, 4) is 0 Å². The molecule has 0 aliphatic carbocycles. The Hall–Kier alpha value is -2.67. The summed E-state index contributed by atoms with van der Waals surface area (Å²) < 4.78 is 0. The Bertz CT molecular complexity index is 732. The van der Waals surface area contributed by atoms with E-state index in [1.807, 2.05) is 6.07 Å². The summed E-state index contributed by atoms with van der Waals surface area (Å²) in [5, 5.41) is 20.6. The molecule has 0 saturated heterocycles. The molecule has 7 heteroatoms. The smallest absolute Gasteiger partial charge is 0.269 e. The molecule has 0 amide bonds. The number of nitrogens with one attached hydrogen (secondary N) is 3. The second-order valence-corrected chi connectivity index (χ2v) is 5.82. The first kappa shape index (κ1) is 17.7. The van der Waals surface area contributed by atoms with Gasteiger partial charge in [-0.25, -0.2) is 0 Å². The van der Waals surface area contributed by atoms with E-state index < -0.39 is 4.92 Å². The molecule has 0 aliphatic rings. The summed E-state index contributed by atoms with van der Waals surface area (Å²) in [5.41, 5.74) is 4.32. The van der Waals surface area contributed by atoms with Crippen LogP contribution in [0.4, 0.5) is 17.1 Å². The van der Waals surface area contributed by atoms with Gasteiger partial charge < -0.3 is 16.0 Å². The van der Waals surface area contributed by atoms with Gasteiger partial charge in [-0.05, 0) is 61.5 Å². The van der Waals surface area contributed by atoms with Crippen molar-refractivity contribution in [1.82, 2.24) is 5.32 Å². The van der Waals surface area contributed by atoms with Crippen LogP contribution in [0.15, 0.2) is 42.5 Å². The molecule has 2 aromatic carbocycles. The summed E-state index contributed by atoms with van der Waals surface area (Å²) in [7, 11) is 0. The molecular formula is C17H20N4O2S. The molecule has 0 heterocycles. The highest BCUT2D eigenvalue weighted by Gasteiger charge is 2.03. The Kier molecular flexibility index (Phi) is 6.08. The summed E-state index contributed by atoms with van der Waals surface area (Å²) in [5.74, 6) is 0. The topological polar surface area (TPSA) is 79.2 Å². The molecule has 0 unspecified atom stereocenters. The number of hydrogen-bond donors (Lipinski definition) is 3. The van der Waals surface area contributed by atoms with Crippen molar-refractivity contribution in [2.45, 2.75) is 13.8 Å². The second kappa shape index (κ2) is 8.26. The van der Waals surface area contributed by atoms with Crippen molar-refractivity contribution < 1.29 is 4.92 Å². The van der Waals surface area contributed by atoms with Crippen LogP contribution in [0.25, 0.3) is 0 Å². The first-order chi connectivity index (χ1) is 11.5. The molecule has 3 N–H and O–H groups in total. The molecular weight excluding hydrogens is 324 g/mol. The van der Waals surface area contributed by atoms with Crippen molar-refractivity contribution in [1.29, 1.82) is 0 Å². The third-order valence-electron chi connectivity index (χ3n) is 3.58. The minimum absolute atomic E-state index is 0.0810. The van der Waals surface area contributed by atoms with Gasteiger partial charge in [0.15, 0.2) is 5.11 Å². The van der Waals surface area contributed by atoms with Crippen LogP contribution < -0.4 is 16.0 Å². The van der Waals surface area contributed by atoms with E-state index in [0.29, 0.717) is 18.2 Å². The lowest BCUT2D eigenvalue weighted by Gasteiger charge is -2.12. The monoisotopic (exact) mass is 344 g/mol. The van der Waals surface area contributed by atoms with E-state index in [1.54, 1.807) is 12.1 Å². The first-order valence-electron chi connectivity index (χ1n) is 7.56. The normalized spacial score (nSPS) is 10.1. The summed E-state index contributed by atoms with van der Waals surface area (Å²) >= 11 is 5.26. The molecule has 0 fully saturated rings. The highest BCUT2D eigenvalue weighted by molar-refractivity contribution is 7.80. The van der Waals surface area contributed by atoms with Crippen molar-refractivity contribution in [3.63, 3.8) is 0 Å². The summed E-state index contributed by atoms with van der Waals surface area (Å²) in [6, 6.07) is 12.4. The quantitative estimate of drug-likeness (QED) is 0.321. The van der Waals surface area contributed by atoms with Crippen LogP contribution in [0.2, 0.25) is 0 Å². The van der Waals surface area contributed by atoms with E-state index in [0.717, 1.165) is 11.4 Å². The zero-order chi connectivity index (χ0) is 17.5. The molecule has 24 heavy (non-hydrogen) atoms. The number of aryl methyl sites for hydroxylation is 2.